The Morgan fingerprint density at radius 3 is 2.69 bits per heavy atom. The first-order valence-corrected chi connectivity index (χ1v) is 4.16. The van der Waals surface area contributed by atoms with Gasteiger partial charge in [-0.25, -0.2) is 0 Å². The molecule has 70 valence electrons. The molecule has 3 nitrogen and oxygen atoms in total. The average Bonchev–Trinajstić information content (AvgIpc) is 2.15. The molecular formula is C10H13NO2. The Balaban J connectivity index is 2.88. The van der Waals surface area contributed by atoms with Gasteiger partial charge in [-0.2, -0.15) is 0 Å². The highest BCUT2D eigenvalue weighted by Crippen LogP contribution is 2.16. The first-order valence-electron chi connectivity index (χ1n) is 4.16. The SMILES string of the molecule is C/C(=N\CCO)c1ccccc1O. The van der Waals surface area contributed by atoms with Gasteiger partial charge in [-0.3, -0.25) is 4.99 Å². The third-order valence-corrected chi connectivity index (χ3v) is 1.74. The van der Waals surface area contributed by atoms with E-state index in [2.05, 4.69) is 4.99 Å². The van der Waals surface area contributed by atoms with Gasteiger partial charge in [-0.05, 0) is 19.1 Å². The van der Waals surface area contributed by atoms with Gasteiger partial charge in [0, 0.05) is 11.3 Å². The molecule has 2 N–H and O–H groups in total. The molecule has 1 rings (SSSR count). The Kier molecular flexibility index (Phi) is 3.46. The number of phenolic OH excluding ortho intramolecular Hbond substituents is 1. The number of hydrogen-bond acceptors (Lipinski definition) is 3. The monoisotopic (exact) mass is 179 g/mol. The predicted octanol–water partition coefficient (Wildman–Crippen LogP) is 1.19. The van der Waals surface area contributed by atoms with Gasteiger partial charge in [0.05, 0.1) is 13.2 Å². The molecule has 1 aromatic rings. The van der Waals surface area contributed by atoms with Crippen LogP contribution in [0.2, 0.25) is 0 Å². The molecule has 0 radical (unpaired) electrons. The third-order valence-electron chi connectivity index (χ3n) is 1.74. The number of phenols is 1. The molecule has 0 aliphatic heterocycles. The van der Waals surface area contributed by atoms with Gasteiger partial charge in [0.2, 0.25) is 0 Å². The summed E-state index contributed by atoms with van der Waals surface area (Å²) in [5.41, 5.74) is 1.46. The van der Waals surface area contributed by atoms with Gasteiger partial charge >= 0.3 is 0 Å². The lowest BCUT2D eigenvalue weighted by atomic mass is 10.1. The first kappa shape index (κ1) is 9.74. The standard InChI is InChI=1S/C10H13NO2/c1-8(11-6-7-12)9-4-2-3-5-10(9)13/h2-5,12-13H,6-7H2,1H3/b11-8+. The first-order chi connectivity index (χ1) is 6.25. The smallest absolute Gasteiger partial charge is 0.124 e. The zero-order chi connectivity index (χ0) is 9.68. The number of aliphatic hydroxyl groups is 1. The van der Waals surface area contributed by atoms with Crippen LogP contribution in [0.15, 0.2) is 29.3 Å². The fourth-order valence-corrected chi connectivity index (χ4v) is 1.08. The highest BCUT2D eigenvalue weighted by atomic mass is 16.3. The van der Waals surface area contributed by atoms with Gasteiger partial charge in [0.1, 0.15) is 5.75 Å². The molecule has 0 amide bonds. The van der Waals surface area contributed by atoms with Crippen molar-refractivity contribution in [3.63, 3.8) is 0 Å². The van der Waals surface area contributed by atoms with E-state index in [1.165, 1.54) is 0 Å². The molecule has 0 aliphatic carbocycles. The maximum Gasteiger partial charge on any atom is 0.124 e. The van der Waals surface area contributed by atoms with E-state index in [-0.39, 0.29) is 12.4 Å². The van der Waals surface area contributed by atoms with E-state index in [1.807, 2.05) is 13.0 Å². The molecular weight excluding hydrogens is 166 g/mol. The Hall–Kier alpha value is -1.35. The zero-order valence-corrected chi connectivity index (χ0v) is 7.57. The summed E-state index contributed by atoms with van der Waals surface area (Å²) >= 11 is 0. The van der Waals surface area contributed by atoms with Gasteiger partial charge in [-0.15, -0.1) is 0 Å². The van der Waals surface area contributed by atoms with Crippen molar-refractivity contribution < 1.29 is 10.2 Å². The normalized spacial score (nSPS) is 11.7. The van der Waals surface area contributed by atoms with E-state index in [0.29, 0.717) is 6.54 Å². The molecule has 0 saturated carbocycles. The van der Waals surface area contributed by atoms with Crippen LogP contribution in [0.1, 0.15) is 12.5 Å². The molecule has 1 aromatic carbocycles. The Morgan fingerprint density at radius 2 is 2.08 bits per heavy atom. The van der Waals surface area contributed by atoms with Crippen LogP contribution in [-0.2, 0) is 0 Å². The fourth-order valence-electron chi connectivity index (χ4n) is 1.08. The van der Waals surface area contributed by atoms with Crippen molar-refractivity contribution in [2.24, 2.45) is 4.99 Å². The van der Waals surface area contributed by atoms with Gasteiger partial charge < -0.3 is 10.2 Å². The molecule has 0 atom stereocenters. The molecule has 3 heteroatoms. The van der Waals surface area contributed by atoms with Gasteiger partial charge in [-0.1, -0.05) is 12.1 Å². The summed E-state index contributed by atoms with van der Waals surface area (Å²) in [4.78, 5) is 4.08. The Morgan fingerprint density at radius 1 is 1.38 bits per heavy atom. The summed E-state index contributed by atoms with van der Waals surface area (Å²) in [6, 6.07) is 7.02. The molecule has 0 saturated heterocycles. The second-order valence-electron chi connectivity index (χ2n) is 2.71. The third kappa shape index (κ3) is 2.56. The number of para-hydroxylation sites is 1. The number of hydrogen-bond donors (Lipinski definition) is 2. The molecule has 0 heterocycles. The van der Waals surface area contributed by atoms with Crippen molar-refractivity contribution in [3.8, 4) is 5.75 Å². The molecule has 13 heavy (non-hydrogen) atoms. The summed E-state index contributed by atoms with van der Waals surface area (Å²) in [5, 5.41) is 18.0. The van der Waals surface area contributed by atoms with E-state index >= 15 is 0 Å². The second-order valence-corrected chi connectivity index (χ2v) is 2.71. The molecule has 0 aromatic heterocycles. The van der Waals surface area contributed by atoms with E-state index < -0.39 is 0 Å². The largest absolute Gasteiger partial charge is 0.507 e. The minimum absolute atomic E-state index is 0.0327. The molecule has 0 spiro atoms. The van der Waals surface area contributed by atoms with Crippen LogP contribution in [0.4, 0.5) is 0 Å². The van der Waals surface area contributed by atoms with Crippen molar-refractivity contribution >= 4 is 5.71 Å². The average molecular weight is 179 g/mol. The lowest BCUT2D eigenvalue weighted by Crippen LogP contribution is -1.98. The van der Waals surface area contributed by atoms with E-state index in [1.54, 1.807) is 18.2 Å². The number of aliphatic hydroxyl groups excluding tert-OH is 1. The second kappa shape index (κ2) is 4.62. The summed E-state index contributed by atoms with van der Waals surface area (Å²) in [6.07, 6.45) is 0. The molecule has 0 aliphatic rings. The topological polar surface area (TPSA) is 52.8 Å². The minimum Gasteiger partial charge on any atom is -0.507 e. The van der Waals surface area contributed by atoms with Crippen molar-refractivity contribution in [3.05, 3.63) is 29.8 Å². The van der Waals surface area contributed by atoms with E-state index in [9.17, 15) is 5.11 Å². The van der Waals surface area contributed by atoms with Crippen LogP contribution >= 0.6 is 0 Å². The van der Waals surface area contributed by atoms with Crippen LogP contribution < -0.4 is 0 Å². The van der Waals surface area contributed by atoms with Gasteiger partial charge in [0.15, 0.2) is 0 Å². The number of rotatable bonds is 3. The molecule has 0 unspecified atom stereocenters. The van der Waals surface area contributed by atoms with Crippen LogP contribution in [0.25, 0.3) is 0 Å². The lowest BCUT2D eigenvalue weighted by molar-refractivity contribution is 0.307. The summed E-state index contributed by atoms with van der Waals surface area (Å²) < 4.78 is 0. The van der Waals surface area contributed by atoms with Crippen molar-refractivity contribution in [1.29, 1.82) is 0 Å². The highest BCUT2D eigenvalue weighted by molar-refractivity contribution is 6.00. The number of benzene rings is 1. The Bertz CT molecular complexity index is 308. The molecule has 0 bridgehead atoms. The minimum atomic E-state index is 0.0327. The van der Waals surface area contributed by atoms with Crippen molar-refractivity contribution in [2.75, 3.05) is 13.2 Å². The van der Waals surface area contributed by atoms with Crippen LogP contribution in [0.5, 0.6) is 5.75 Å². The summed E-state index contributed by atoms with van der Waals surface area (Å²) in [7, 11) is 0. The van der Waals surface area contributed by atoms with E-state index in [0.717, 1.165) is 11.3 Å². The van der Waals surface area contributed by atoms with E-state index in [4.69, 9.17) is 5.11 Å². The fraction of sp³-hybridized carbons (Fsp3) is 0.300. The predicted molar refractivity (Wildman–Crippen MR) is 52.3 cm³/mol. The van der Waals surface area contributed by atoms with Crippen LogP contribution in [-0.4, -0.2) is 29.1 Å². The number of aliphatic imine (C=N–C) groups is 1. The van der Waals surface area contributed by atoms with Crippen LogP contribution in [0, 0.1) is 0 Å². The van der Waals surface area contributed by atoms with Crippen molar-refractivity contribution in [2.45, 2.75) is 6.92 Å². The van der Waals surface area contributed by atoms with Crippen LogP contribution in [0.3, 0.4) is 0 Å². The maximum absolute atomic E-state index is 9.44. The van der Waals surface area contributed by atoms with Gasteiger partial charge in [0.25, 0.3) is 0 Å². The maximum atomic E-state index is 9.44. The van der Waals surface area contributed by atoms with Crippen molar-refractivity contribution in [1.82, 2.24) is 0 Å². The Labute approximate surface area is 77.4 Å². The lowest BCUT2D eigenvalue weighted by Gasteiger charge is -2.02. The summed E-state index contributed by atoms with van der Waals surface area (Å²) in [6.45, 7) is 2.22. The number of nitrogens with zero attached hydrogens (tertiary/aromatic N) is 1. The molecule has 0 fully saturated rings. The number of aromatic hydroxyl groups is 1. The highest BCUT2D eigenvalue weighted by Gasteiger charge is 2.01. The quantitative estimate of drug-likeness (QED) is 0.685. The zero-order valence-electron chi connectivity index (χ0n) is 7.57. The summed E-state index contributed by atoms with van der Waals surface area (Å²) in [5.74, 6) is 0.224.